The average Bonchev–Trinajstić information content (AvgIpc) is 3.34. The predicted octanol–water partition coefficient (Wildman–Crippen LogP) is 6.82. The molecule has 2 aliphatic rings. The summed E-state index contributed by atoms with van der Waals surface area (Å²) in [5.41, 5.74) is 4.47. The Kier molecular flexibility index (Phi) is 6.82. The molecular formula is C31H32N2O4. The van der Waals surface area contributed by atoms with Crippen LogP contribution in [0.1, 0.15) is 50.0 Å². The van der Waals surface area contributed by atoms with Crippen molar-refractivity contribution in [3.63, 3.8) is 0 Å². The molecule has 190 valence electrons. The number of allylic oxidation sites excluding steroid dienone is 1. The second kappa shape index (κ2) is 10.2. The van der Waals surface area contributed by atoms with Crippen LogP contribution in [-0.2, 0) is 0 Å². The van der Waals surface area contributed by atoms with Gasteiger partial charge in [0.25, 0.3) is 0 Å². The topological polar surface area (TPSA) is 66.5 Å². The number of hydrogen-bond acceptors (Lipinski definition) is 5. The lowest BCUT2D eigenvalue weighted by Gasteiger charge is -2.32. The first-order chi connectivity index (χ1) is 17.8. The van der Waals surface area contributed by atoms with Crippen LogP contribution in [0.25, 0.3) is 16.0 Å². The third-order valence-corrected chi connectivity index (χ3v) is 7.42. The molecule has 1 fully saturated rings. The summed E-state index contributed by atoms with van der Waals surface area (Å²) in [6.07, 6.45) is 0.774. The second-order valence-corrected chi connectivity index (χ2v) is 10.1. The van der Waals surface area contributed by atoms with Gasteiger partial charge in [0.1, 0.15) is 35.7 Å². The summed E-state index contributed by atoms with van der Waals surface area (Å²) in [5, 5.41) is 20.1. The van der Waals surface area contributed by atoms with Gasteiger partial charge in [0.05, 0.1) is 6.57 Å². The minimum absolute atomic E-state index is 0.0402. The average molecular weight is 497 g/mol. The van der Waals surface area contributed by atoms with E-state index >= 15 is 0 Å². The fourth-order valence-corrected chi connectivity index (χ4v) is 5.29. The van der Waals surface area contributed by atoms with Gasteiger partial charge in [0.2, 0.25) is 0 Å². The number of phenolic OH excluding ortho intramolecular Hbond substituents is 2. The van der Waals surface area contributed by atoms with E-state index in [2.05, 4.69) is 23.6 Å². The van der Waals surface area contributed by atoms with Gasteiger partial charge in [0.15, 0.2) is 5.69 Å². The Bertz CT molecular complexity index is 1370. The molecule has 1 saturated heterocycles. The molecule has 6 heteroatoms. The Morgan fingerprint density at radius 3 is 2.49 bits per heavy atom. The van der Waals surface area contributed by atoms with E-state index in [9.17, 15) is 10.2 Å². The quantitative estimate of drug-likeness (QED) is 0.367. The van der Waals surface area contributed by atoms with Crippen molar-refractivity contribution in [3.8, 4) is 23.0 Å². The van der Waals surface area contributed by atoms with E-state index in [0.29, 0.717) is 29.6 Å². The van der Waals surface area contributed by atoms with Crippen LogP contribution in [0.5, 0.6) is 23.0 Å². The van der Waals surface area contributed by atoms with Crippen molar-refractivity contribution in [2.45, 2.75) is 39.3 Å². The summed E-state index contributed by atoms with van der Waals surface area (Å²) < 4.78 is 12.6. The number of hydrogen-bond donors (Lipinski definition) is 2. The van der Waals surface area contributed by atoms with Gasteiger partial charge < -0.3 is 19.7 Å². The summed E-state index contributed by atoms with van der Waals surface area (Å²) in [7, 11) is 0. The summed E-state index contributed by atoms with van der Waals surface area (Å²) in [6.45, 7) is 17.1. The van der Waals surface area contributed by atoms with Crippen LogP contribution in [0.4, 0.5) is 5.69 Å². The van der Waals surface area contributed by atoms with Crippen LogP contribution in [0, 0.1) is 12.5 Å². The Hall–Kier alpha value is -3.95. The number of nitrogens with zero attached hydrogens (tertiary/aromatic N) is 2. The summed E-state index contributed by atoms with van der Waals surface area (Å²) in [4.78, 5) is 6.14. The lowest BCUT2D eigenvalue weighted by atomic mass is 9.85. The largest absolute Gasteiger partial charge is 0.509 e. The maximum atomic E-state index is 10.1. The Balaban J connectivity index is 1.45. The van der Waals surface area contributed by atoms with Crippen LogP contribution >= 0.6 is 0 Å². The van der Waals surface area contributed by atoms with E-state index in [4.69, 9.17) is 16.0 Å². The molecule has 37 heavy (non-hydrogen) atoms. The lowest BCUT2D eigenvalue weighted by molar-refractivity contribution is 0.169. The smallest absolute Gasteiger partial charge is 0.198 e. The van der Waals surface area contributed by atoms with E-state index in [-0.39, 0.29) is 11.5 Å². The van der Waals surface area contributed by atoms with E-state index in [0.717, 1.165) is 47.0 Å². The monoisotopic (exact) mass is 496 g/mol. The first-order valence-electron chi connectivity index (χ1n) is 12.7. The lowest BCUT2D eigenvalue weighted by Crippen LogP contribution is -2.35. The van der Waals surface area contributed by atoms with Crippen LogP contribution in [0.15, 0.2) is 60.7 Å². The van der Waals surface area contributed by atoms with Crippen molar-refractivity contribution in [2.24, 2.45) is 5.92 Å². The van der Waals surface area contributed by atoms with Gasteiger partial charge in [-0.2, -0.15) is 0 Å². The number of benzene rings is 3. The van der Waals surface area contributed by atoms with E-state index < -0.39 is 6.10 Å². The van der Waals surface area contributed by atoms with Crippen molar-refractivity contribution in [1.82, 2.24) is 4.90 Å². The van der Waals surface area contributed by atoms with Crippen molar-refractivity contribution < 1.29 is 19.7 Å². The van der Waals surface area contributed by atoms with Crippen LogP contribution in [0.2, 0.25) is 0 Å². The van der Waals surface area contributed by atoms with Gasteiger partial charge in [-0.25, -0.2) is 4.85 Å². The fourth-order valence-electron chi connectivity index (χ4n) is 5.29. The Morgan fingerprint density at radius 2 is 1.78 bits per heavy atom. The van der Waals surface area contributed by atoms with E-state index in [1.807, 2.05) is 31.2 Å². The minimum Gasteiger partial charge on any atom is -0.509 e. The highest BCUT2D eigenvalue weighted by Crippen LogP contribution is 2.49. The normalized spacial score (nSPS) is 20.2. The Morgan fingerprint density at radius 1 is 1.05 bits per heavy atom. The van der Waals surface area contributed by atoms with Gasteiger partial charge in [-0.3, -0.25) is 4.90 Å². The molecule has 0 saturated carbocycles. The number of phenols is 2. The molecule has 2 N–H and O–H groups in total. The van der Waals surface area contributed by atoms with Gasteiger partial charge in [-0.15, -0.1) is 0 Å². The highest BCUT2D eigenvalue weighted by Gasteiger charge is 2.31. The SMILES string of the molecule is [C-]#[N+]c1cc(O)ccc1C1=C(C)c2cc(O)ccc2OC1c1ccc(OC[C@H](C)N2CC[C@@H](C)C2)cc1. The minimum atomic E-state index is -0.471. The van der Waals surface area contributed by atoms with Crippen molar-refractivity contribution >= 4 is 16.8 Å². The molecule has 2 heterocycles. The number of ether oxygens (including phenoxy) is 2. The molecule has 0 aromatic heterocycles. The molecule has 0 radical (unpaired) electrons. The molecule has 2 aliphatic heterocycles. The standard InChI is InChI=1S/C31H32N2O4/c1-19-13-14-33(17-19)20(2)18-36-25-9-5-22(6-10-25)31-30(26-11-7-24(35)16-28(26)32-4)21(3)27-15-23(34)8-12-29(27)37-31/h5-12,15-16,19-20,31,34-35H,13-14,17-18H2,1-3H3/t19-,20+,31?/m1/s1. The van der Waals surface area contributed by atoms with E-state index in [1.165, 1.54) is 12.5 Å². The zero-order valence-corrected chi connectivity index (χ0v) is 21.4. The Labute approximate surface area is 218 Å². The van der Waals surface area contributed by atoms with Gasteiger partial charge >= 0.3 is 0 Å². The number of likely N-dealkylation sites (tertiary alicyclic amines) is 1. The molecule has 6 nitrogen and oxygen atoms in total. The molecular weight excluding hydrogens is 464 g/mol. The zero-order valence-electron chi connectivity index (χ0n) is 21.4. The second-order valence-electron chi connectivity index (χ2n) is 10.1. The summed E-state index contributed by atoms with van der Waals surface area (Å²) >= 11 is 0. The molecule has 0 bridgehead atoms. The van der Waals surface area contributed by atoms with Crippen LogP contribution in [0.3, 0.4) is 0 Å². The number of fused-ring (bicyclic) bond motifs is 1. The maximum absolute atomic E-state index is 10.1. The zero-order chi connectivity index (χ0) is 26.1. The molecule has 0 aliphatic carbocycles. The number of rotatable bonds is 6. The first-order valence-corrected chi connectivity index (χ1v) is 12.7. The van der Waals surface area contributed by atoms with Crippen LogP contribution < -0.4 is 9.47 Å². The molecule has 0 spiro atoms. The molecule has 3 aromatic carbocycles. The molecule has 1 unspecified atom stereocenters. The summed E-state index contributed by atoms with van der Waals surface area (Å²) in [5.74, 6) is 2.40. The third kappa shape index (κ3) is 5.00. The molecule has 3 atom stereocenters. The van der Waals surface area contributed by atoms with Crippen LogP contribution in [-0.4, -0.2) is 40.9 Å². The fraction of sp³-hybridized carbons (Fsp3) is 0.323. The highest BCUT2D eigenvalue weighted by atomic mass is 16.5. The van der Waals surface area contributed by atoms with E-state index in [1.54, 1.807) is 30.3 Å². The first kappa shape index (κ1) is 24.7. The van der Waals surface area contributed by atoms with Crippen molar-refractivity contribution in [3.05, 3.63) is 88.8 Å². The molecule has 5 rings (SSSR count). The van der Waals surface area contributed by atoms with Gasteiger partial charge in [-0.1, -0.05) is 25.1 Å². The highest BCUT2D eigenvalue weighted by molar-refractivity contribution is 5.98. The van der Waals surface area contributed by atoms with Crippen molar-refractivity contribution in [1.29, 1.82) is 0 Å². The van der Waals surface area contributed by atoms with Gasteiger partial charge in [0, 0.05) is 18.2 Å². The molecule has 3 aromatic rings. The maximum Gasteiger partial charge on any atom is 0.198 e. The summed E-state index contributed by atoms with van der Waals surface area (Å²) in [6, 6.07) is 18.1. The molecule has 0 amide bonds. The third-order valence-electron chi connectivity index (χ3n) is 7.42. The van der Waals surface area contributed by atoms with Gasteiger partial charge in [-0.05, 0) is 97.5 Å². The number of aromatic hydroxyl groups is 2. The van der Waals surface area contributed by atoms with Crippen molar-refractivity contribution in [2.75, 3.05) is 19.7 Å². The predicted molar refractivity (Wildman–Crippen MR) is 145 cm³/mol.